The molecule has 84 valence electrons. The Labute approximate surface area is 91.0 Å². The van der Waals surface area contributed by atoms with Gasteiger partial charge in [-0.25, -0.2) is 0 Å². The molecule has 1 amide bonds. The second kappa shape index (κ2) is 6.30. The molecule has 0 heterocycles. The Morgan fingerprint density at radius 1 is 1.43 bits per heavy atom. The first kappa shape index (κ1) is 13.8. The van der Waals surface area contributed by atoms with Crippen LogP contribution in [0, 0.1) is 5.92 Å². The van der Waals surface area contributed by atoms with Gasteiger partial charge in [0.2, 0.25) is 5.91 Å². The van der Waals surface area contributed by atoms with Crippen molar-refractivity contribution in [3.8, 4) is 0 Å². The summed E-state index contributed by atoms with van der Waals surface area (Å²) in [6, 6.07) is 0. The van der Waals surface area contributed by atoms with Crippen LogP contribution in [0.4, 0.5) is 0 Å². The number of rotatable bonds is 7. The highest BCUT2D eigenvalue weighted by Crippen LogP contribution is 2.14. The van der Waals surface area contributed by atoms with Crippen molar-refractivity contribution in [3.63, 3.8) is 0 Å². The van der Waals surface area contributed by atoms with Crippen molar-refractivity contribution < 1.29 is 4.79 Å². The van der Waals surface area contributed by atoms with Crippen LogP contribution in [0.3, 0.4) is 0 Å². The summed E-state index contributed by atoms with van der Waals surface area (Å²) in [5, 5.41) is 0. The van der Waals surface area contributed by atoms with Crippen molar-refractivity contribution in [1.29, 1.82) is 0 Å². The molecule has 0 saturated carbocycles. The van der Waals surface area contributed by atoms with Gasteiger partial charge in [-0.2, -0.15) is 11.8 Å². The van der Waals surface area contributed by atoms with Crippen molar-refractivity contribution in [2.45, 2.75) is 39.2 Å². The second-order valence-corrected chi connectivity index (χ2v) is 5.55. The monoisotopic (exact) mass is 218 g/mol. The molecule has 0 spiro atoms. The second-order valence-electron chi connectivity index (χ2n) is 4.33. The zero-order valence-corrected chi connectivity index (χ0v) is 10.2. The highest BCUT2D eigenvalue weighted by Gasteiger charge is 2.24. The van der Waals surface area contributed by atoms with E-state index in [2.05, 4.69) is 13.8 Å². The van der Waals surface area contributed by atoms with Crippen molar-refractivity contribution in [2.75, 3.05) is 11.5 Å². The highest BCUT2D eigenvalue weighted by molar-refractivity contribution is 7.99. The van der Waals surface area contributed by atoms with Gasteiger partial charge < -0.3 is 11.5 Å². The number of carbonyl (C=O) groups is 1. The molecule has 0 aliphatic carbocycles. The summed E-state index contributed by atoms with van der Waals surface area (Å²) in [7, 11) is 0. The number of carbonyl (C=O) groups excluding carboxylic acids is 1. The quantitative estimate of drug-likeness (QED) is 0.634. The van der Waals surface area contributed by atoms with Crippen LogP contribution in [0.2, 0.25) is 0 Å². The first-order chi connectivity index (χ1) is 6.36. The maximum Gasteiger partial charge on any atom is 0.237 e. The topological polar surface area (TPSA) is 69.1 Å². The van der Waals surface area contributed by atoms with Crippen LogP contribution in [-0.4, -0.2) is 23.0 Å². The number of amides is 1. The third kappa shape index (κ3) is 6.27. The molecule has 0 aromatic heterocycles. The first-order valence-electron chi connectivity index (χ1n) is 5.03. The summed E-state index contributed by atoms with van der Waals surface area (Å²) in [6.07, 6.45) is 1.87. The Morgan fingerprint density at radius 2 is 2.00 bits per heavy atom. The molecule has 0 fully saturated rings. The van der Waals surface area contributed by atoms with Crippen LogP contribution in [-0.2, 0) is 4.79 Å². The fourth-order valence-electron chi connectivity index (χ4n) is 0.828. The molecule has 4 N–H and O–H groups in total. The minimum absolute atomic E-state index is 0.415. The lowest BCUT2D eigenvalue weighted by molar-refractivity contribution is -0.122. The summed E-state index contributed by atoms with van der Waals surface area (Å²) < 4.78 is 0. The van der Waals surface area contributed by atoms with Gasteiger partial charge in [-0.1, -0.05) is 13.8 Å². The third-order valence-corrected chi connectivity index (χ3v) is 3.19. The molecule has 0 aliphatic rings. The van der Waals surface area contributed by atoms with E-state index in [9.17, 15) is 4.79 Å². The average molecular weight is 218 g/mol. The standard InChI is InChI=1S/C10H22N2OS/c1-8(2)4-6-14-7-5-10(3,12)9(11)13/h8H,4-7,12H2,1-3H3,(H2,11,13). The fourth-order valence-corrected chi connectivity index (χ4v) is 2.24. The van der Waals surface area contributed by atoms with Gasteiger partial charge in [0.15, 0.2) is 0 Å². The van der Waals surface area contributed by atoms with Crippen molar-refractivity contribution in [1.82, 2.24) is 0 Å². The van der Waals surface area contributed by atoms with Gasteiger partial charge in [-0.05, 0) is 37.2 Å². The lowest BCUT2D eigenvalue weighted by atomic mass is 10.0. The Balaban J connectivity index is 3.49. The van der Waals surface area contributed by atoms with E-state index in [1.54, 1.807) is 6.92 Å². The lowest BCUT2D eigenvalue weighted by Gasteiger charge is -2.19. The molecule has 1 atom stereocenters. The number of thioether (sulfide) groups is 1. The van der Waals surface area contributed by atoms with E-state index < -0.39 is 11.4 Å². The maximum absolute atomic E-state index is 10.9. The molecule has 14 heavy (non-hydrogen) atoms. The number of hydrogen-bond donors (Lipinski definition) is 2. The largest absolute Gasteiger partial charge is 0.368 e. The first-order valence-corrected chi connectivity index (χ1v) is 6.18. The van der Waals surface area contributed by atoms with E-state index in [4.69, 9.17) is 11.5 Å². The Hall–Kier alpha value is -0.220. The predicted molar refractivity (Wildman–Crippen MR) is 63.2 cm³/mol. The number of nitrogens with two attached hydrogens (primary N) is 2. The average Bonchev–Trinajstić information content (AvgIpc) is 2.02. The molecule has 1 unspecified atom stereocenters. The number of primary amides is 1. The SMILES string of the molecule is CC(C)CCSCCC(C)(N)C(N)=O. The van der Waals surface area contributed by atoms with E-state index in [0.717, 1.165) is 17.4 Å². The van der Waals surface area contributed by atoms with Crippen LogP contribution in [0.5, 0.6) is 0 Å². The van der Waals surface area contributed by atoms with E-state index in [1.807, 2.05) is 11.8 Å². The van der Waals surface area contributed by atoms with Crippen LogP contribution in [0.25, 0.3) is 0 Å². The van der Waals surface area contributed by atoms with E-state index in [0.29, 0.717) is 6.42 Å². The van der Waals surface area contributed by atoms with Gasteiger partial charge in [-0.15, -0.1) is 0 Å². The minimum atomic E-state index is -0.842. The minimum Gasteiger partial charge on any atom is -0.368 e. The molecular weight excluding hydrogens is 196 g/mol. The van der Waals surface area contributed by atoms with E-state index in [-0.39, 0.29) is 0 Å². The molecular formula is C10H22N2OS. The predicted octanol–water partition coefficient (Wildman–Crippen LogP) is 1.36. The fraction of sp³-hybridized carbons (Fsp3) is 0.900. The van der Waals surface area contributed by atoms with Gasteiger partial charge in [-0.3, -0.25) is 4.79 Å². The molecule has 0 rings (SSSR count). The summed E-state index contributed by atoms with van der Waals surface area (Å²) in [4.78, 5) is 10.9. The van der Waals surface area contributed by atoms with Crippen LogP contribution in [0.15, 0.2) is 0 Å². The summed E-state index contributed by atoms with van der Waals surface area (Å²) in [5.74, 6) is 2.36. The summed E-state index contributed by atoms with van der Waals surface area (Å²) >= 11 is 1.84. The zero-order valence-electron chi connectivity index (χ0n) is 9.38. The van der Waals surface area contributed by atoms with Crippen LogP contribution < -0.4 is 11.5 Å². The maximum atomic E-state index is 10.9. The van der Waals surface area contributed by atoms with Gasteiger partial charge in [0, 0.05) is 0 Å². The molecule has 0 saturated heterocycles. The molecule has 0 radical (unpaired) electrons. The Morgan fingerprint density at radius 3 is 2.43 bits per heavy atom. The highest BCUT2D eigenvalue weighted by atomic mass is 32.2. The van der Waals surface area contributed by atoms with Crippen molar-refractivity contribution in [3.05, 3.63) is 0 Å². The lowest BCUT2D eigenvalue weighted by Crippen LogP contribution is -2.49. The van der Waals surface area contributed by atoms with Crippen LogP contribution in [0.1, 0.15) is 33.6 Å². The molecule has 0 aliphatic heterocycles. The van der Waals surface area contributed by atoms with Gasteiger partial charge in [0.05, 0.1) is 5.54 Å². The molecule has 4 heteroatoms. The van der Waals surface area contributed by atoms with Gasteiger partial charge in [0.1, 0.15) is 0 Å². The normalized spacial score (nSPS) is 15.5. The summed E-state index contributed by atoms with van der Waals surface area (Å²) in [5.41, 5.74) is 10.0. The Kier molecular flexibility index (Phi) is 6.20. The number of hydrogen-bond acceptors (Lipinski definition) is 3. The smallest absolute Gasteiger partial charge is 0.237 e. The molecule has 0 aromatic rings. The molecule has 0 aromatic carbocycles. The third-order valence-electron chi connectivity index (χ3n) is 2.17. The van der Waals surface area contributed by atoms with Gasteiger partial charge >= 0.3 is 0 Å². The van der Waals surface area contributed by atoms with Crippen LogP contribution >= 0.6 is 11.8 Å². The zero-order chi connectivity index (χ0) is 11.2. The van der Waals surface area contributed by atoms with E-state index >= 15 is 0 Å². The molecule has 3 nitrogen and oxygen atoms in total. The summed E-state index contributed by atoms with van der Waals surface area (Å²) in [6.45, 7) is 6.10. The van der Waals surface area contributed by atoms with Gasteiger partial charge in [0.25, 0.3) is 0 Å². The van der Waals surface area contributed by atoms with E-state index in [1.165, 1.54) is 6.42 Å². The van der Waals surface area contributed by atoms with Crippen molar-refractivity contribution >= 4 is 17.7 Å². The molecule has 0 bridgehead atoms. The van der Waals surface area contributed by atoms with Crippen molar-refractivity contribution in [2.24, 2.45) is 17.4 Å². The Bertz CT molecular complexity index is 181.